The fourth-order valence-electron chi connectivity index (χ4n) is 1.70. The van der Waals surface area contributed by atoms with Gasteiger partial charge in [-0.3, -0.25) is 9.78 Å². The molecular weight excluding hydrogens is 318 g/mol. The van der Waals surface area contributed by atoms with E-state index in [4.69, 9.17) is 0 Å². The van der Waals surface area contributed by atoms with Gasteiger partial charge >= 0.3 is 0 Å². The van der Waals surface area contributed by atoms with E-state index in [1.54, 1.807) is 12.4 Å². The van der Waals surface area contributed by atoms with Gasteiger partial charge in [-0.15, -0.1) is 0 Å². The lowest BCUT2D eigenvalue weighted by molar-refractivity contribution is -0.119. The molecule has 0 bridgehead atoms. The van der Waals surface area contributed by atoms with E-state index in [2.05, 4.69) is 31.5 Å². The zero-order valence-corrected chi connectivity index (χ0v) is 12.8. The summed E-state index contributed by atoms with van der Waals surface area (Å²) in [6, 6.07) is 9.74. The SMILES string of the molecule is Cc1ccc(NCC(=O)NCc2cccnc2)c(Br)c1. The molecule has 20 heavy (non-hydrogen) atoms. The fraction of sp³-hybridized carbons (Fsp3) is 0.200. The number of benzene rings is 1. The maximum Gasteiger partial charge on any atom is 0.239 e. The Morgan fingerprint density at radius 2 is 2.20 bits per heavy atom. The van der Waals surface area contributed by atoms with Crippen LogP contribution in [0.15, 0.2) is 47.2 Å². The van der Waals surface area contributed by atoms with Crippen molar-refractivity contribution in [1.29, 1.82) is 0 Å². The van der Waals surface area contributed by atoms with Gasteiger partial charge in [0.05, 0.1) is 6.54 Å². The third-order valence-electron chi connectivity index (χ3n) is 2.78. The van der Waals surface area contributed by atoms with Crippen LogP contribution in [0.4, 0.5) is 5.69 Å². The summed E-state index contributed by atoms with van der Waals surface area (Å²) in [6.45, 7) is 2.75. The number of carbonyl (C=O) groups excluding carboxylic acids is 1. The second kappa shape index (κ2) is 7.05. The molecule has 0 aliphatic carbocycles. The highest BCUT2D eigenvalue weighted by Crippen LogP contribution is 2.22. The Hall–Kier alpha value is -1.88. The minimum atomic E-state index is -0.0543. The highest BCUT2D eigenvalue weighted by atomic mass is 79.9. The summed E-state index contributed by atoms with van der Waals surface area (Å²) < 4.78 is 0.956. The van der Waals surface area contributed by atoms with Crippen molar-refractivity contribution in [3.63, 3.8) is 0 Å². The van der Waals surface area contributed by atoms with Gasteiger partial charge in [0.2, 0.25) is 5.91 Å². The molecule has 2 rings (SSSR count). The predicted molar refractivity (Wildman–Crippen MR) is 83.5 cm³/mol. The smallest absolute Gasteiger partial charge is 0.239 e. The van der Waals surface area contributed by atoms with Gasteiger partial charge in [-0.25, -0.2) is 0 Å². The summed E-state index contributed by atoms with van der Waals surface area (Å²) in [4.78, 5) is 15.8. The van der Waals surface area contributed by atoms with E-state index in [1.165, 1.54) is 5.56 Å². The Kier molecular flexibility index (Phi) is 5.12. The Balaban J connectivity index is 1.80. The third-order valence-corrected chi connectivity index (χ3v) is 3.43. The highest BCUT2D eigenvalue weighted by molar-refractivity contribution is 9.10. The summed E-state index contributed by atoms with van der Waals surface area (Å²) >= 11 is 3.47. The monoisotopic (exact) mass is 333 g/mol. The van der Waals surface area contributed by atoms with Crippen molar-refractivity contribution < 1.29 is 4.79 Å². The molecule has 0 atom stereocenters. The second-order valence-electron chi connectivity index (χ2n) is 4.47. The topological polar surface area (TPSA) is 54.0 Å². The van der Waals surface area contributed by atoms with Crippen molar-refractivity contribution in [3.8, 4) is 0 Å². The molecule has 0 spiro atoms. The van der Waals surface area contributed by atoms with E-state index in [0.717, 1.165) is 15.7 Å². The average molecular weight is 334 g/mol. The normalized spacial score (nSPS) is 10.1. The summed E-state index contributed by atoms with van der Waals surface area (Å²) in [5.41, 5.74) is 3.06. The first-order chi connectivity index (χ1) is 9.65. The molecule has 1 amide bonds. The van der Waals surface area contributed by atoms with E-state index in [0.29, 0.717) is 6.54 Å². The minimum absolute atomic E-state index is 0.0543. The molecule has 5 heteroatoms. The number of rotatable bonds is 5. The number of halogens is 1. The standard InChI is InChI=1S/C15H16BrN3O/c1-11-4-5-14(13(16)7-11)18-10-15(20)19-9-12-3-2-6-17-8-12/h2-8,18H,9-10H2,1H3,(H,19,20). The molecule has 0 aliphatic heterocycles. The Morgan fingerprint density at radius 3 is 2.90 bits per heavy atom. The molecule has 0 saturated carbocycles. The molecule has 4 nitrogen and oxygen atoms in total. The Labute approximate surface area is 126 Å². The lowest BCUT2D eigenvalue weighted by Gasteiger charge is -2.09. The summed E-state index contributed by atoms with van der Waals surface area (Å²) in [5.74, 6) is -0.0543. The molecule has 0 unspecified atom stereocenters. The van der Waals surface area contributed by atoms with Crippen molar-refractivity contribution in [2.24, 2.45) is 0 Å². The second-order valence-corrected chi connectivity index (χ2v) is 5.33. The van der Waals surface area contributed by atoms with Gasteiger partial charge in [0.1, 0.15) is 0 Å². The van der Waals surface area contributed by atoms with E-state index >= 15 is 0 Å². The van der Waals surface area contributed by atoms with Crippen LogP contribution in [0.3, 0.4) is 0 Å². The van der Waals surface area contributed by atoms with Gasteiger partial charge in [-0.1, -0.05) is 12.1 Å². The van der Waals surface area contributed by atoms with Crippen molar-refractivity contribution in [2.75, 3.05) is 11.9 Å². The number of hydrogen-bond donors (Lipinski definition) is 2. The maximum absolute atomic E-state index is 11.8. The number of anilines is 1. The number of nitrogens with one attached hydrogen (secondary N) is 2. The van der Waals surface area contributed by atoms with Crippen LogP contribution < -0.4 is 10.6 Å². The minimum Gasteiger partial charge on any atom is -0.375 e. The van der Waals surface area contributed by atoms with Crippen LogP contribution >= 0.6 is 15.9 Å². The molecule has 2 N–H and O–H groups in total. The first-order valence-electron chi connectivity index (χ1n) is 6.31. The molecule has 1 aromatic heterocycles. The van der Waals surface area contributed by atoms with Crippen LogP contribution in [-0.2, 0) is 11.3 Å². The van der Waals surface area contributed by atoms with Gasteiger partial charge in [-0.05, 0) is 52.2 Å². The van der Waals surface area contributed by atoms with Gasteiger partial charge in [0, 0.05) is 29.1 Å². The van der Waals surface area contributed by atoms with Crippen LogP contribution in [0.25, 0.3) is 0 Å². The number of nitrogens with zero attached hydrogens (tertiary/aromatic N) is 1. The van der Waals surface area contributed by atoms with Crippen molar-refractivity contribution >= 4 is 27.5 Å². The molecular formula is C15H16BrN3O. The quantitative estimate of drug-likeness (QED) is 0.884. The van der Waals surface area contributed by atoms with Gasteiger partial charge in [0.25, 0.3) is 0 Å². The first kappa shape index (κ1) is 14.5. The van der Waals surface area contributed by atoms with Crippen LogP contribution in [0.5, 0.6) is 0 Å². The van der Waals surface area contributed by atoms with E-state index in [9.17, 15) is 4.79 Å². The molecule has 0 fully saturated rings. The first-order valence-corrected chi connectivity index (χ1v) is 7.10. The zero-order chi connectivity index (χ0) is 14.4. The fourth-order valence-corrected chi connectivity index (χ4v) is 2.34. The third kappa shape index (κ3) is 4.35. The van der Waals surface area contributed by atoms with Gasteiger partial charge in [-0.2, -0.15) is 0 Å². The average Bonchev–Trinajstić information content (AvgIpc) is 2.45. The largest absolute Gasteiger partial charge is 0.375 e. The van der Waals surface area contributed by atoms with Crippen LogP contribution in [0, 0.1) is 6.92 Å². The van der Waals surface area contributed by atoms with Crippen molar-refractivity contribution in [3.05, 3.63) is 58.3 Å². The summed E-state index contributed by atoms with van der Waals surface area (Å²) in [6.07, 6.45) is 3.45. The number of aromatic nitrogens is 1. The molecule has 0 saturated heterocycles. The molecule has 104 valence electrons. The molecule has 0 radical (unpaired) electrons. The Morgan fingerprint density at radius 1 is 1.35 bits per heavy atom. The number of amides is 1. The lowest BCUT2D eigenvalue weighted by Crippen LogP contribution is -2.29. The Bertz CT molecular complexity index is 587. The number of aryl methyl sites for hydroxylation is 1. The number of pyridine rings is 1. The highest BCUT2D eigenvalue weighted by Gasteiger charge is 2.04. The zero-order valence-electron chi connectivity index (χ0n) is 11.2. The van der Waals surface area contributed by atoms with E-state index in [1.807, 2.05) is 37.3 Å². The summed E-state index contributed by atoms with van der Waals surface area (Å²) in [7, 11) is 0. The number of hydrogen-bond acceptors (Lipinski definition) is 3. The molecule has 2 aromatic rings. The number of carbonyl (C=O) groups is 1. The van der Waals surface area contributed by atoms with Crippen LogP contribution in [-0.4, -0.2) is 17.4 Å². The van der Waals surface area contributed by atoms with Gasteiger partial charge in [0.15, 0.2) is 0 Å². The van der Waals surface area contributed by atoms with Crippen molar-refractivity contribution in [2.45, 2.75) is 13.5 Å². The lowest BCUT2D eigenvalue weighted by atomic mass is 10.2. The van der Waals surface area contributed by atoms with Crippen molar-refractivity contribution in [1.82, 2.24) is 10.3 Å². The van der Waals surface area contributed by atoms with E-state index in [-0.39, 0.29) is 12.5 Å². The van der Waals surface area contributed by atoms with E-state index < -0.39 is 0 Å². The van der Waals surface area contributed by atoms with Gasteiger partial charge < -0.3 is 10.6 Å². The predicted octanol–water partition coefficient (Wildman–Crippen LogP) is 2.88. The maximum atomic E-state index is 11.8. The van der Waals surface area contributed by atoms with Crippen LogP contribution in [0.1, 0.15) is 11.1 Å². The molecule has 1 aromatic carbocycles. The molecule has 1 heterocycles. The summed E-state index contributed by atoms with van der Waals surface area (Å²) in [5, 5.41) is 5.94. The molecule has 0 aliphatic rings. The van der Waals surface area contributed by atoms with Crippen LogP contribution in [0.2, 0.25) is 0 Å².